The van der Waals surface area contributed by atoms with Gasteiger partial charge in [-0.25, -0.2) is 4.79 Å². The summed E-state index contributed by atoms with van der Waals surface area (Å²) in [7, 11) is 0. The molecule has 0 aromatic rings. The van der Waals surface area contributed by atoms with Gasteiger partial charge in [0.15, 0.2) is 5.71 Å². The van der Waals surface area contributed by atoms with Gasteiger partial charge in [-0.15, -0.1) is 0 Å². The zero-order chi connectivity index (χ0) is 8.85. The Morgan fingerprint density at radius 3 is 2.45 bits per heavy atom. The number of oxime groups is 1. The highest BCUT2D eigenvalue weighted by molar-refractivity contribution is 6.35. The van der Waals surface area contributed by atoms with Crippen LogP contribution in [0.3, 0.4) is 0 Å². The Morgan fingerprint density at radius 2 is 2.18 bits per heavy atom. The van der Waals surface area contributed by atoms with Gasteiger partial charge in [-0.2, -0.15) is 0 Å². The molecule has 0 aromatic heterocycles. The normalized spacial score (nSPS) is 14.5. The summed E-state index contributed by atoms with van der Waals surface area (Å²) in [5, 5.41) is 27.7. The SMILES string of the molecule is NC[C@H](O)CC(=NO)C(=O)O. The third kappa shape index (κ3) is 3.54. The molecule has 0 bridgehead atoms. The van der Waals surface area contributed by atoms with Crippen molar-refractivity contribution >= 4 is 11.7 Å². The van der Waals surface area contributed by atoms with Crippen molar-refractivity contribution in [1.29, 1.82) is 0 Å². The van der Waals surface area contributed by atoms with E-state index in [1.54, 1.807) is 0 Å². The van der Waals surface area contributed by atoms with Gasteiger partial charge in [0.25, 0.3) is 0 Å². The molecule has 6 nitrogen and oxygen atoms in total. The Balaban J connectivity index is 4.00. The van der Waals surface area contributed by atoms with E-state index in [-0.39, 0.29) is 13.0 Å². The Bertz CT molecular complexity index is 168. The van der Waals surface area contributed by atoms with Gasteiger partial charge in [0, 0.05) is 13.0 Å². The molecule has 11 heavy (non-hydrogen) atoms. The van der Waals surface area contributed by atoms with Crippen LogP contribution in [0.25, 0.3) is 0 Å². The van der Waals surface area contributed by atoms with E-state index in [1.165, 1.54) is 0 Å². The van der Waals surface area contributed by atoms with Crippen molar-refractivity contribution < 1.29 is 20.2 Å². The number of nitrogens with two attached hydrogens (primary N) is 1. The van der Waals surface area contributed by atoms with Gasteiger partial charge in [0.05, 0.1) is 6.10 Å². The molecule has 5 N–H and O–H groups in total. The summed E-state index contributed by atoms with van der Waals surface area (Å²) in [6, 6.07) is 0. The highest BCUT2D eigenvalue weighted by atomic mass is 16.4. The number of nitrogens with zero attached hydrogens (tertiary/aromatic N) is 1. The Labute approximate surface area is 62.9 Å². The smallest absolute Gasteiger partial charge is 0.353 e. The number of aliphatic hydroxyl groups excluding tert-OH is 1. The molecule has 0 aliphatic heterocycles. The van der Waals surface area contributed by atoms with Crippen molar-refractivity contribution in [2.24, 2.45) is 10.9 Å². The first kappa shape index (κ1) is 9.86. The molecule has 0 aromatic carbocycles. The minimum absolute atomic E-state index is 0.0632. The minimum atomic E-state index is -1.36. The van der Waals surface area contributed by atoms with Crippen LogP contribution in [0.5, 0.6) is 0 Å². The van der Waals surface area contributed by atoms with E-state index in [9.17, 15) is 4.79 Å². The molecule has 0 fully saturated rings. The van der Waals surface area contributed by atoms with E-state index in [2.05, 4.69) is 5.16 Å². The number of hydrogen-bond acceptors (Lipinski definition) is 5. The zero-order valence-corrected chi connectivity index (χ0v) is 5.77. The first-order chi connectivity index (χ1) is 5.11. The fourth-order valence-corrected chi connectivity index (χ4v) is 0.477. The summed E-state index contributed by atoms with van der Waals surface area (Å²) in [5.41, 5.74) is 4.50. The topological polar surface area (TPSA) is 116 Å². The van der Waals surface area contributed by atoms with Crippen LogP contribution in [0, 0.1) is 0 Å². The lowest BCUT2D eigenvalue weighted by Gasteiger charge is -2.04. The first-order valence-electron chi connectivity index (χ1n) is 2.94. The van der Waals surface area contributed by atoms with Gasteiger partial charge in [0.1, 0.15) is 0 Å². The standard InChI is InChI=1S/C5H10N2O4/c6-2-3(8)1-4(7-11)5(9)10/h3,8,11H,1-2,6H2,(H,9,10)/t3-/m1/s1. The number of carboxylic acids is 1. The first-order valence-corrected chi connectivity index (χ1v) is 2.94. The second-order valence-corrected chi connectivity index (χ2v) is 1.95. The number of carbonyl (C=O) groups is 1. The predicted molar refractivity (Wildman–Crippen MR) is 36.5 cm³/mol. The van der Waals surface area contributed by atoms with Crippen LogP contribution in [-0.2, 0) is 4.79 Å². The molecule has 0 spiro atoms. The zero-order valence-electron chi connectivity index (χ0n) is 5.77. The van der Waals surface area contributed by atoms with E-state index in [0.717, 1.165) is 0 Å². The van der Waals surface area contributed by atoms with Crippen LogP contribution >= 0.6 is 0 Å². The van der Waals surface area contributed by atoms with E-state index in [0.29, 0.717) is 0 Å². The summed E-state index contributed by atoms with van der Waals surface area (Å²) in [4.78, 5) is 10.1. The quantitative estimate of drug-likeness (QED) is 0.231. The molecular weight excluding hydrogens is 152 g/mol. The number of rotatable bonds is 4. The van der Waals surface area contributed by atoms with Crippen LogP contribution < -0.4 is 5.73 Å². The molecule has 0 amide bonds. The number of hydrogen-bond donors (Lipinski definition) is 4. The summed E-state index contributed by atoms with van der Waals surface area (Å²) < 4.78 is 0. The molecule has 0 saturated heterocycles. The molecule has 0 rings (SSSR count). The van der Waals surface area contributed by atoms with Gasteiger partial charge in [0.2, 0.25) is 0 Å². The van der Waals surface area contributed by atoms with Crippen molar-refractivity contribution in [2.45, 2.75) is 12.5 Å². The predicted octanol–water partition coefficient (Wildman–Crippen LogP) is -1.39. The van der Waals surface area contributed by atoms with E-state index in [1.807, 2.05) is 0 Å². The van der Waals surface area contributed by atoms with Crippen molar-refractivity contribution in [2.75, 3.05) is 6.54 Å². The molecule has 64 valence electrons. The maximum absolute atomic E-state index is 10.1. The van der Waals surface area contributed by atoms with Crippen molar-refractivity contribution in [3.05, 3.63) is 0 Å². The Morgan fingerprint density at radius 1 is 1.64 bits per heavy atom. The molecule has 0 heterocycles. The van der Waals surface area contributed by atoms with Crippen molar-refractivity contribution in [1.82, 2.24) is 0 Å². The van der Waals surface area contributed by atoms with Crippen molar-refractivity contribution in [3.63, 3.8) is 0 Å². The Hall–Kier alpha value is -1.14. The average Bonchev–Trinajstić information content (AvgIpc) is 1.99. The summed E-state index contributed by atoms with van der Waals surface area (Å²) >= 11 is 0. The fraction of sp³-hybridized carbons (Fsp3) is 0.600. The highest BCUT2D eigenvalue weighted by Crippen LogP contribution is 1.92. The van der Waals surface area contributed by atoms with Crippen LogP contribution in [0.4, 0.5) is 0 Å². The molecule has 1 atom stereocenters. The van der Waals surface area contributed by atoms with Gasteiger partial charge >= 0.3 is 5.97 Å². The molecule has 0 aliphatic rings. The molecular formula is C5H10N2O4. The number of aliphatic carboxylic acids is 1. The molecule has 0 unspecified atom stereocenters. The van der Waals surface area contributed by atoms with E-state index < -0.39 is 17.8 Å². The monoisotopic (exact) mass is 162 g/mol. The maximum Gasteiger partial charge on any atom is 0.353 e. The lowest BCUT2D eigenvalue weighted by atomic mass is 10.2. The van der Waals surface area contributed by atoms with Crippen molar-refractivity contribution in [3.8, 4) is 0 Å². The largest absolute Gasteiger partial charge is 0.477 e. The number of aliphatic hydroxyl groups is 1. The lowest BCUT2D eigenvalue weighted by molar-refractivity contribution is -0.129. The van der Waals surface area contributed by atoms with Crippen LogP contribution in [0.2, 0.25) is 0 Å². The average molecular weight is 162 g/mol. The van der Waals surface area contributed by atoms with E-state index in [4.69, 9.17) is 21.2 Å². The van der Waals surface area contributed by atoms with Crippen LogP contribution in [0.1, 0.15) is 6.42 Å². The second kappa shape index (κ2) is 4.64. The highest BCUT2D eigenvalue weighted by Gasteiger charge is 2.14. The second-order valence-electron chi connectivity index (χ2n) is 1.95. The summed E-state index contributed by atoms with van der Waals surface area (Å²) in [5.74, 6) is -1.36. The minimum Gasteiger partial charge on any atom is -0.477 e. The molecule has 6 heteroatoms. The third-order valence-electron chi connectivity index (χ3n) is 1.07. The van der Waals surface area contributed by atoms with Crippen LogP contribution in [0.15, 0.2) is 5.16 Å². The molecule has 0 radical (unpaired) electrons. The third-order valence-corrected chi connectivity index (χ3v) is 1.07. The van der Waals surface area contributed by atoms with Gasteiger partial charge in [-0.1, -0.05) is 5.16 Å². The maximum atomic E-state index is 10.1. The van der Waals surface area contributed by atoms with Crippen LogP contribution in [-0.4, -0.2) is 39.8 Å². The van der Waals surface area contributed by atoms with Gasteiger partial charge in [-0.3, -0.25) is 0 Å². The molecule has 0 saturated carbocycles. The molecule has 0 aliphatic carbocycles. The van der Waals surface area contributed by atoms with E-state index >= 15 is 0 Å². The summed E-state index contributed by atoms with van der Waals surface area (Å²) in [6.07, 6.45) is -1.22. The number of carboxylic acid groups (broad SMARTS) is 1. The lowest BCUT2D eigenvalue weighted by Crippen LogP contribution is -2.26. The van der Waals surface area contributed by atoms with Gasteiger partial charge in [-0.05, 0) is 0 Å². The summed E-state index contributed by atoms with van der Waals surface area (Å²) in [6.45, 7) is -0.0632. The van der Waals surface area contributed by atoms with Gasteiger partial charge < -0.3 is 21.2 Å². The fourth-order valence-electron chi connectivity index (χ4n) is 0.477. The Kier molecular flexibility index (Phi) is 4.16.